The highest BCUT2D eigenvalue weighted by Crippen LogP contribution is 2.23. The second-order valence-electron chi connectivity index (χ2n) is 3.46. The summed E-state index contributed by atoms with van der Waals surface area (Å²) in [6, 6.07) is 1.75. The molecule has 2 aromatic heterocycles. The number of hydrogen-bond donors (Lipinski definition) is 1. The van der Waals surface area contributed by atoms with Crippen LogP contribution in [0.5, 0.6) is 11.6 Å². The Morgan fingerprint density at radius 3 is 2.89 bits per heavy atom. The van der Waals surface area contributed by atoms with Crippen molar-refractivity contribution in [2.75, 3.05) is 18.6 Å². The van der Waals surface area contributed by atoms with Gasteiger partial charge in [-0.15, -0.1) is 0 Å². The fourth-order valence-corrected chi connectivity index (χ4v) is 1.74. The molecule has 0 atom stereocenters. The topological polar surface area (TPSA) is 64.9 Å². The van der Waals surface area contributed by atoms with Crippen molar-refractivity contribution in [2.45, 2.75) is 18.6 Å². The lowest BCUT2D eigenvalue weighted by Gasteiger charge is -2.06. The van der Waals surface area contributed by atoms with Crippen molar-refractivity contribution in [3.05, 3.63) is 18.5 Å². The van der Waals surface area contributed by atoms with E-state index in [0.29, 0.717) is 16.8 Å². The highest BCUT2D eigenvalue weighted by molar-refractivity contribution is 7.98. The molecule has 1 N–H and O–H groups in total. The number of thioether (sulfide) groups is 1. The van der Waals surface area contributed by atoms with Crippen molar-refractivity contribution in [1.29, 1.82) is 0 Å². The number of nitrogens with one attached hydrogen (secondary N) is 1. The fourth-order valence-electron chi connectivity index (χ4n) is 1.37. The smallest absolute Gasteiger partial charge is 0.225 e. The van der Waals surface area contributed by atoms with Gasteiger partial charge in [-0.1, -0.05) is 11.8 Å². The van der Waals surface area contributed by atoms with Crippen LogP contribution in [0.3, 0.4) is 0 Å². The van der Waals surface area contributed by atoms with E-state index in [4.69, 9.17) is 4.74 Å². The number of aryl methyl sites for hydroxylation is 1. The summed E-state index contributed by atoms with van der Waals surface area (Å²) in [4.78, 5) is 8.56. The summed E-state index contributed by atoms with van der Waals surface area (Å²) in [5, 5.41) is 7.79. The van der Waals surface area contributed by atoms with Crippen LogP contribution >= 0.6 is 11.8 Å². The maximum atomic E-state index is 5.66. The van der Waals surface area contributed by atoms with Crippen LogP contribution in [-0.2, 0) is 6.54 Å². The minimum Gasteiger partial charge on any atom is -0.435 e. The Morgan fingerprint density at radius 2 is 2.28 bits per heavy atom. The van der Waals surface area contributed by atoms with Crippen molar-refractivity contribution >= 4 is 17.6 Å². The van der Waals surface area contributed by atoms with Crippen LogP contribution in [0.25, 0.3) is 0 Å². The number of ether oxygens (including phenoxy) is 1. The van der Waals surface area contributed by atoms with E-state index in [1.165, 1.54) is 11.8 Å². The lowest BCUT2D eigenvalue weighted by molar-refractivity contribution is 0.455. The normalized spacial score (nSPS) is 10.4. The van der Waals surface area contributed by atoms with E-state index in [2.05, 4.69) is 20.4 Å². The Hall–Kier alpha value is -1.76. The average Bonchev–Trinajstić information content (AvgIpc) is 2.85. The highest BCUT2D eigenvalue weighted by Gasteiger charge is 2.06. The number of aromatic nitrogens is 4. The molecule has 2 aromatic rings. The second kappa shape index (κ2) is 5.72. The molecule has 0 aliphatic carbocycles. The molecule has 0 amide bonds. The molecular weight excluding hydrogens is 250 g/mol. The third kappa shape index (κ3) is 2.92. The zero-order valence-corrected chi connectivity index (χ0v) is 11.4. The van der Waals surface area contributed by atoms with Gasteiger partial charge in [-0.25, -0.2) is 4.98 Å². The third-order valence-electron chi connectivity index (χ3n) is 2.28. The molecule has 0 unspecified atom stereocenters. The van der Waals surface area contributed by atoms with E-state index in [-0.39, 0.29) is 0 Å². The molecule has 0 fully saturated rings. The van der Waals surface area contributed by atoms with E-state index in [0.717, 1.165) is 12.4 Å². The maximum Gasteiger partial charge on any atom is 0.225 e. The molecule has 0 bridgehead atoms. The molecule has 0 saturated heterocycles. The van der Waals surface area contributed by atoms with E-state index in [1.54, 1.807) is 16.9 Å². The number of rotatable bonds is 5. The first kappa shape index (κ1) is 12.7. The molecule has 2 heterocycles. The van der Waals surface area contributed by atoms with Gasteiger partial charge >= 0.3 is 0 Å². The molecule has 0 aliphatic heterocycles. The van der Waals surface area contributed by atoms with Crippen LogP contribution in [0, 0.1) is 0 Å². The van der Waals surface area contributed by atoms with Crippen LogP contribution in [0.15, 0.2) is 23.6 Å². The summed E-state index contributed by atoms with van der Waals surface area (Å²) in [7, 11) is 1.81. The van der Waals surface area contributed by atoms with E-state index < -0.39 is 0 Å². The lowest BCUT2D eigenvalue weighted by Crippen LogP contribution is -1.98. The van der Waals surface area contributed by atoms with Gasteiger partial charge in [0, 0.05) is 19.7 Å². The molecule has 0 spiro atoms. The van der Waals surface area contributed by atoms with Crippen molar-refractivity contribution in [3.8, 4) is 11.6 Å². The third-order valence-corrected chi connectivity index (χ3v) is 2.82. The lowest BCUT2D eigenvalue weighted by atomic mass is 10.5. The molecular formula is C11H15N5OS. The summed E-state index contributed by atoms with van der Waals surface area (Å²) in [6.07, 6.45) is 5.43. The van der Waals surface area contributed by atoms with E-state index in [1.807, 2.05) is 26.4 Å². The molecule has 0 saturated carbocycles. The van der Waals surface area contributed by atoms with E-state index >= 15 is 0 Å². The monoisotopic (exact) mass is 265 g/mol. The SMILES string of the molecule is CCn1cc(Oc2cc(NC)nc(SC)n2)cn1. The molecule has 0 aliphatic rings. The van der Waals surface area contributed by atoms with Gasteiger partial charge in [0.25, 0.3) is 0 Å². The predicted octanol–water partition coefficient (Wildman–Crippen LogP) is 2.25. The summed E-state index contributed by atoms with van der Waals surface area (Å²) in [5.41, 5.74) is 0. The van der Waals surface area contributed by atoms with Crippen LogP contribution in [-0.4, -0.2) is 33.1 Å². The minimum atomic E-state index is 0.509. The van der Waals surface area contributed by atoms with Gasteiger partial charge < -0.3 is 10.1 Å². The minimum absolute atomic E-state index is 0.509. The van der Waals surface area contributed by atoms with Crippen molar-refractivity contribution in [1.82, 2.24) is 19.7 Å². The van der Waals surface area contributed by atoms with Crippen LogP contribution in [0.4, 0.5) is 5.82 Å². The molecule has 0 radical (unpaired) electrons. The van der Waals surface area contributed by atoms with Gasteiger partial charge in [-0.3, -0.25) is 4.68 Å². The first-order chi connectivity index (χ1) is 8.75. The Balaban J connectivity index is 2.22. The van der Waals surface area contributed by atoms with Gasteiger partial charge in [0.15, 0.2) is 10.9 Å². The van der Waals surface area contributed by atoms with Crippen LogP contribution < -0.4 is 10.1 Å². The predicted molar refractivity (Wildman–Crippen MR) is 71.3 cm³/mol. The molecule has 7 heteroatoms. The quantitative estimate of drug-likeness (QED) is 0.660. The molecule has 96 valence electrons. The van der Waals surface area contributed by atoms with Crippen molar-refractivity contribution in [3.63, 3.8) is 0 Å². The van der Waals surface area contributed by atoms with Crippen molar-refractivity contribution in [2.24, 2.45) is 0 Å². The molecule has 6 nitrogen and oxygen atoms in total. The zero-order valence-electron chi connectivity index (χ0n) is 10.5. The van der Waals surface area contributed by atoms with Gasteiger partial charge in [0.2, 0.25) is 5.88 Å². The molecule has 0 aromatic carbocycles. The number of nitrogens with zero attached hydrogens (tertiary/aromatic N) is 4. The van der Waals surface area contributed by atoms with Crippen LogP contribution in [0.2, 0.25) is 0 Å². The second-order valence-corrected chi connectivity index (χ2v) is 4.24. The Morgan fingerprint density at radius 1 is 1.44 bits per heavy atom. The highest BCUT2D eigenvalue weighted by atomic mass is 32.2. The maximum absolute atomic E-state index is 5.66. The zero-order chi connectivity index (χ0) is 13.0. The van der Waals surface area contributed by atoms with Crippen LogP contribution in [0.1, 0.15) is 6.92 Å². The first-order valence-corrected chi connectivity index (χ1v) is 6.78. The summed E-state index contributed by atoms with van der Waals surface area (Å²) >= 11 is 1.47. The largest absolute Gasteiger partial charge is 0.435 e. The van der Waals surface area contributed by atoms with Gasteiger partial charge in [-0.2, -0.15) is 10.1 Å². The number of anilines is 1. The first-order valence-electron chi connectivity index (χ1n) is 5.56. The molecule has 2 rings (SSSR count). The van der Waals surface area contributed by atoms with Gasteiger partial charge in [0.1, 0.15) is 5.82 Å². The van der Waals surface area contributed by atoms with Crippen molar-refractivity contribution < 1.29 is 4.74 Å². The fraction of sp³-hybridized carbons (Fsp3) is 0.364. The Bertz CT molecular complexity index is 506. The summed E-state index contributed by atoms with van der Waals surface area (Å²) in [5.74, 6) is 1.91. The number of hydrogen-bond acceptors (Lipinski definition) is 6. The summed E-state index contributed by atoms with van der Waals surface area (Å²) < 4.78 is 7.45. The Kier molecular flexibility index (Phi) is 4.03. The summed E-state index contributed by atoms with van der Waals surface area (Å²) in [6.45, 7) is 2.83. The van der Waals surface area contributed by atoms with Gasteiger partial charge in [0.05, 0.1) is 12.4 Å². The Labute approximate surface area is 110 Å². The van der Waals surface area contributed by atoms with Gasteiger partial charge in [-0.05, 0) is 13.2 Å². The average molecular weight is 265 g/mol. The van der Waals surface area contributed by atoms with E-state index in [9.17, 15) is 0 Å². The standard InChI is InChI=1S/C11H15N5OS/c1-4-16-7-8(6-13-16)17-10-5-9(12-2)14-11(15-10)18-3/h5-7H,4H2,1-3H3,(H,12,14,15). The molecule has 18 heavy (non-hydrogen) atoms.